The molecule has 1 heterocycles. The Labute approximate surface area is 274 Å². The predicted octanol–water partition coefficient (Wildman–Crippen LogP) is -0.237. The molecule has 5 unspecified atom stereocenters. The number of aliphatic hydroxyl groups is 4. The number of rotatable bonds is 9. The molecule has 4 N–H and O–H groups in total. The Morgan fingerprint density at radius 2 is 1.68 bits per heavy atom. The lowest BCUT2D eigenvalue weighted by molar-refractivity contribution is -0.355. The molecular weight excluding hydrogens is 614 g/mol. The first-order valence-electron chi connectivity index (χ1n) is 16.4. The normalized spacial score (nSPS) is 50.7. The molecule has 7 bridgehead atoms. The summed E-state index contributed by atoms with van der Waals surface area (Å²) in [6.07, 6.45) is -7.38. The van der Waals surface area contributed by atoms with Gasteiger partial charge in [-0.3, -0.25) is 9.69 Å². The Morgan fingerprint density at radius 3 is 2.26 bits per heavy atom. The van der Waals surface area contributed by atoms with Gasteiger partial charge in [-0.05, 0) is 18.7 Å². The number of likely N-dealkylation sites (tertiary alicyclic amines) is 1. The van der Waals surface area contributed by atoms with Crippen molar-refractivity contribution in [3.8, 4) is 0 Å². The van der Waals surface area contributed by atoms with Gasteiger partial charge in [-0.2, -0.15) is 0 Å². The molecule has 1 aromatic carbocycles. The number of hydrogen-bond acceptors (Lipinski definition) is 13. The van der Waals surface area contributed by atoms with Crippen LogP contribution < -0.4 is 0 Å². The molecule has 47 heavy (non-hydrogen) atoms. The molecule has 5 aliphatic carbocycles. The van der Waals surface area contributed by atoms with E-state index in [0.717, 1.165) is 0 Å². The second kappa shape index (κ2) is 10.9. The summed E-state index contributed by atoms with van der Waals surface area (Å²) in [6.45, 7) is 4.15. The minimum absolute atomic E-state index is 0.119. The van der Waals surface area contributed by atoms with Crippen LogP contribution in [0.25, 0.3) is 0 Å². The molecule has 1 aromatic rings. The molecule has 1 saturated heterocycles. The van der Waals surface area contributed by atoms with Crippen molar-refractivity contribution in [3.05, 3.63) is 35.9 Å². The first-order chi connectivity index (χ1) is 22.3. The minimum Gasteiger partial charge on any atom is -0.455 e. The third kappa shape index (κ3) is 3.65. The van der Waals surface area contributed by atoms with Crippen molar-refractivity contribution < 1.29 is 58.4 Å². The van der Waals surface area contributed by atoms with E-state index in [1.165, 1.54) is 28.3 Å². The predicted molar refractivity (Wildman–Crippen MR) is 162 cm³/mol. The van der Waals surface area contributed by atoms with Crippen LogP contribution >= 0.6 is 0 Å². The van der Waals surface area contributed by atoms with E-state index in [-0.39, 0.29) is 18.6 Å². The number of methoxy groups -OCH3 is 4. The summed E-state index contributed by atoms with van der Waals surface area (Å²) in [6, 6.07) is 7.64. The molecule has 7 rings (SSSR count). The number of piperidine rings is 1. The van der Waals surface area contributed by atoms with Gasteiger partial charge in [0.15, 0.2) is 5.60 Å². The van der Waals surface area contributed by atoms with Crippen LogP contribution in [0.15, 0.2) is 30.3 Å². The summed E-state index contributed by atoms with van der Waals surface area (Å²) in [4.78, 5) is 29.2. The number of aliphatic hydroxyl groups excluding tert-OH is 2. The van der Waals surface area contributed by atoms with E-state index in [2.05, 4.69) is 4.90 Å². The van der Waals surface area contributed by atoms with Crippen LogP contribution in [0.5, 0.6) is 0 Å². The largest absolute Gasteiger partial charge is 0.455 e. The average molecular weight is 662 g/mol. The van der Waals surface area contributed by atoms with Gasteiger partial charge < -0.3 is 48.8 Å². The highest BCUT2D eigenvalue weighted by Crippen LogP contribution is 2.81. The molecule has 13 heteroatoms. The second-order valence-electron chi connectivity index (χ2n) is 14.6. The van der Waals surface area contributed by atoms with E-state index in [9.17, 15) is 30.0 Å². The summed E-state index contributed by atoms with van der Waals surface area (Å²) in [5, 5.41) is 51.1. The molecular formula is C34H47NO12. The highest BCUT2D eigenvalue weighted by Gasteiger charge is 2.96. The number of fused-ring (bicyclic) bond motifs is 2. The third-order valence-corrected chi connectivity index (χ3v) is 13.2. The van der Waals surface area contributed by atoms with E-state index < -0.39 is 106 Å². The highest BCUT2D eigenvalue weighted by atomic mass is 16.6. The van der Waals surface area contributed by atoms with E-state index in [4.69, 9.17) is 28.4 Å². The van der Waals surface area contributed by atoms with Crippen molar-refractivity contribution in [2.45, 2.75) is 86.2 Å². The Hall–Kier alpha value is -2.20. The Bertz CT molecular complexity index is 1410. The molecule has 0 radical (unpaired) electrons. The van der Waals surface area contributed by atoms with Crippen molar-refractivity contribution in [2.75, 3.05) is 48.1 Å². The lowest BCUT2D eigenvalue weighted by Crippen LogP contribution is -2.85. The Morgan fingerprint density at radius 1 is 0.979 bits per heavy atom. The van der Waals surface area contributed by atoms with E-state index in [1.807, 2.05) is 6.92 Å². The van der Waals surface area contributed by atoms with Crippen molar-refractivity contribution >= 4 is 11.9 Å². The van der Waals surface area contributed by atoms with Gasteiger partial charge in [-0.1, -0.05) is 25.1 Å². The standard InChI is InChI=1S/C34H47NO12/c1-7-35-15-30(16-42-3)19(37)13-20(43-4)33-23(30)22(44-5)21(25(33)35)34(47-17(2)36)24-27(46-29(39)18-11-9-8-10-12-18)31(40,14-32(24,33)41)28(45-6)26(34)38/h8-12,19-28,37-38,40-41H,7,13-16H2,1-6H3/t19-,20?,21?,22?,23-,24+,25?,26+,27-,28+,30+,31+,32-,33?,34+/m1/s1. The summed E-state index contributed by atoms with van der Waals surface area (Å²) in [5.74, 6) is -4.34. The fraction of sp³-hybridized carbons (Fsp3) is 0.765. The van der Waals surface area contributed by atoms with E-state index >= 15 is 0 Å². The first-order valence-corrected chi connectivity index (χ1v) is 16.4. The van der Waals surface area contributed by atoms with Crippen molar-refractivity contribution in [1.29, 1.82) is 0 Å². The molecule has 1 aliphatic heterocycles. The number of ether oxygens (including phenoxy) is 6. The molecule has 13 nitrogen and oxygen atoms in total. The van der Waals surface area contributed by atoms with Crippen molar-refractivity contribution in [3.63, 3.8) is 0 Å². The first kappa shape index (κ1) is 33.3. The number of nitrogens with zero attached hydrogens (tertiary/aromatic N) is 1. The summed E-state index contributed by atoms with van der Waals surface area (Å²) in [5.41, 5.74) is -8.15. The quantitative estimate of drug-likeness (QED) is 0.256. The number of benzene rings is 1. The number of hydrogen-bond donors (Lipinski definition) is 4. The Balaban J connectivity index is 1.57. The van der Waals surface area contributed by atoms with Crippen LogP contribution in [0.2, 0.25) is 0 Å². The zero-order valence-corrected chi connectivity index (χ0v) is 27.7. The number of esters is 2. The maximum Gasteiger partial charge on any atom is 0.338 e. The molecule has 5 saturated carbocycles. The Kier molecular flexibility index (Phi) is 7.72. The fourth-order valence-corrected chi connectivity index (χ4v) is 12.3. The molecule has 0 amide bonds. The average Bonchev–Trinajstić information content (AvgIpc) is 3.39. The number of carbonyl (C=O) groups excluding carboxylic acids is 2. The van der Waals surface area contributed by atoms with Crippen LogP contribution in [-0.2, 0) is 33.2 Å². The lowest BCUT2D eigenvalue weighted by Gasteiger charge is -2.72. The zero-order chi connectivity index (χ0) is 33.9. The van der Waals surface area contributed by atoms with Gasteiger partial charge in [0.2, 0.25) is 0 Å². The summed E-state index contributed by atoms with van der Waals surface area (Å²) in [7, 11) is 5.94. The zero-order valence-electron chi connectivity index (χ0n) is 27.7. The summed E-state index contributed by atoms with van der Waals surface area (Å²) >= 11 is 0. The molecule has 6 aliphatic rings. The van der Waals surface area contributed by atoms with Crippen LogP contribution in [-0.4, -0.2) is 145 Å². The van der Waals surface area contributed by atoms with Gasteiger partial charge in [0, 0.05) is 83.5 Å². The minimum atomic E-state index is -2.12. The van der Waals surface area contributed by atoms with E-state index in [0.29, 0.717) is 13.1 Å². The van der Waals surface area contributed by atoms with Crippen LogP contribution in [0.4, 0.5) is 0 Å². The molecule has 0 aromatic heterocycles. The smallest absolute Gasteiger partial charge is 0.338 e. The van der Waals surface area contributed by atoms with Crippen LogP contribution in [0.3, 0.4) is 0 Å². The van der Waals surface area contributed by atoms with Gasteiger partial charge in [0.05, 0.1) is 42.0 Å². The lowest BCUT2D eigenvalue weighted by atomic mass is 9.40. The molecule has 15 atom stereocenters. The topological polar surface area (TPSA) is 174 Å². The van der Waals surface area contributed by atoms with Crippen LogP contribution in [0, 0.1) is 28.6 Å². The van der Waals surface area contributed by atoms with Crippen molar-refractivity contribution in [2.24, 2.45) is 28.6 Å². The molecule has 6 fully saturated rings. The van der Waals surface area contributed by atoms with Gasteiger partial charge >= 0.3 is 11.9 Å². The van der Waals surface area contributed by atoms with Crippen molar-refractivity contribution in [1.82, 2.24) is 4.90 Å². The maximum atomic E-state index is 13.8. The van der Waals surface area contributed by atoms with Gasteiger partial charge in [0.1, 0.15) is 23.9 Å². The van der Waals surface area contributed by atoms with Gasteiger partial charge in [-0.25, -0.2) is 4.79 Å². The number of carbonyl (C=O) groups is 2. The van der Waals surface area contributed by atoms with E-state index in [1.54, 1.807) is 37.4 Å². The van der Waals surface area contributed by atoms with Gasteiger partial charge in [-0.15, -0.1) is 0 Å². The molecule has 260 valence electrons. The highest BCUT2D eigenvalue weighted by molar-refractivity contribution is 5.89. The summed E-state index contributed by atoms with van der Waals surface area (Å²) < 4.78 is 36.9. The van der Waals surface area contributed by atoms with Gasteiger partial charge in [0.25, 0.3) is 0 Å². The molecule has 1 spiro atoms. The third-order valence-electron chi connectivity index (χ3n) is 13.2. The maximum absolute atomic E-state index is 13.8. The SMILES string of the molecule is CCN1C[C@]2(COC)[C@H](O)CC(OC)C34C1C(C(OC)[C@@H]32)[C@]1(OC(C)=O)[C@H]2[C@@H](OC(=O)c3ccccc3)[C@@](O)(C[C@@]24O)[C@@H](OC)[C@@H]1O. The second-order valence-corrected chi connectivity index (χ2v) is 14.6. The monoisotopic (exact) mass is 661 g/mol. The van der Waals surface area contributed by atoms with Crippen LogP contribution in [0.1, 0.15) is 37.0 Å². The fourth-order valence-electron chi connectivity index (χ4n) is 12.3.